The normalized spacial score (nSPS) is 10.5. The van der Waals surface area contributed by atoms with Gasteiger partial charge in [0.05, 0.1) is 0 Å². The highest BCUT2D eigenvalue weighted by Gasteiger charge is 2.03. The van der Waals surface area contributed by atoms with Crippen LogP contribution in [0.3, 0.4) is 0 Å². The Morgan fingerprint density at radius 3 is 2.38 bits per heavy atom. The molecule has 0 saturated carbocycles. The molecule has 1 heterocycles. The predicted molar refractivity (Wildman–Crippen MR) is 52.2 cm³/mol. The molecule has 1 rings (SSSR count). The van der Waals surface area contributed by atoms with Gasteiger partial charge in [-0.1, -0.05) is 13.8 Å². The summed E-state index contributed by atoms with van der Waals surface area (Å²) in [5.74, 6) is 0.0837. The molecule has 3 heteroatoms. The van der Waals surface area contributed by atoms with Crippen LogP contribution in [-0.2, 0) is 0 Å². The van der Waals surface area contributed by atoms with E-state index in [1.54, 1.807) is 6.92 Å². The third-order valence-corrected chi connectivity index (χ3v) is 1.86. The summed E-state index contributed by atoms with van der Waals surface area (Å²) in [5, 5.41) is 0. The van der Waals surface area contributed by atoms with Crippen LogP contribution in [0, 0.1) is 6.92 Å². The molecule has 70 valence electrons. The van der Waals surface area contributed by atoms with Crippen molar-refractivity contribution in [3.8, 4) is 0 Å². The summed E-state index contributed by atoms with van der Waals surface area (Å²) in [5.41, 5.74) is 0.866. The minimum atomic E-state index is -0.219. The Kier molecular flexibility index (Phi) is 2.66. The third kappa shape index (κ3) is 2.28. The van der Waals surface area contributed by atoms with Gasteiger partial charge in [-0.05, 0) is 12.8 Å². The zero-order valence-corrected chi connectivity index (χ0v) is 8.05. The lowest BCUT2D eigenvalue weighted by Crippen LogP contribution is -2.08. The van der Waals surface area contributed by atoms with Crippen LogP contribution in [0.15, 0.2) is 21.7 Å². The fourth-order valence-electron chi connectivity index (χ4n) is 1.21. The van der Waals surface area contributed by atoms with Gasteiger partial charge < -0.3 is 4.98 Å². The summed E-state index contributed by atoms with van der Waals surface area (Å²) < 4.78 is 0. The average Bonchev–Trinajstić information content (AvgIpc) is 2.09. The molecule has 1 aromatic rings. The van der Waals surface area contributed by atoms with E-state index < -0.39 is 0 Å². The van der Waals surface area contributed by atoms with E-state index in [0.717, 1.165) is 0 Å². The molecule has 0 aliphatic heterocycles. The highest BCUT2D eigenvalue weighted by atomic mass is 16.1. The molecule has 1 N–H and O–H groups in total. The second-order valence-corrected chi connectivity index (χ2v) is 3.44. The quantitative estimate of drug-likeness (QED) is 0.703. The Morgan fingerprint density at radius 2 is 1.85 bits per heavy atom. The second-order valence-electron chi connectivity index (χ2n) is 3.44. The molecule has 0 aromatic carbocycles. The molecule has 0 spiro atoms. The Bertz CT molecular complexity index is 418. The summed E-state index contributed by atoms with van der Waals surface area (Å²) in [7, 11) is 0. The fraction of sp³-hybridized carbons (Fsp3) is 0.400. The maximum atomic E-state index is 11.5. The van der Waals surface area contributed by atoms with Crippen molar-refractivity contribution in [2.75, 3.05) is 0 Å². The smallest absolute Gasteiger partial charge is 0.248 e. The van der Waals surface area contributed by atoms with Gasteiger partial charge in [0.1, 0.15) is 0 Å². The van der Waals surface area contributed by atoms with Gasteiger partial charge in [0.2, 0.25) is 5.56 Å². The number of hydrogen-bond acceptors (Lipinski definition) is 2. The van der Waals surface area contributed by atoms with Crippen molar-refractivity contribution in [3.63, 3.8) is 0 Å². The van der Waals surface area contributed by atoms with Gasteiger partial charge in [0, 0.05) is 23.4 Å². The van der Waals surface area contributed by atoms with Crippen LogP contribution in [0.2, 0.25) is 0 Å². The Morgan fingerprint density at radius 1 is 1.23 bits per heavy atom. The summed E-state index contributed by atoms with van der Waals surface area (Å²) in [6.07, 6.45) is 0. The van der Waals surface area contributed by atoms with E-state index in [1.165, 1.54) is 12.1 Å². The van der Waals surface area contributed by atoms with Gasteiger partial charge >= 0.3 is 0 Å². The number of aromatic amines is 1. The molecule has 0 unspecified atom stereocenters. The SMILES string of the molecule is Cc1cc(=O)c(C(C)C)cc(=O)[nH]1. The number of hydrogen-bond donors (Lipinski definition) is 1. The van der Waals surface area contributed by atoms with E-state index in [2.05, 4.69) is 4.98 Å². The molecule has 3 nitrogen and oxygen atoms in total. The van der Waals surface area contributed by atoms with E-state index in [4.69, 9.17) is 0 Å². The average molecular weight is 179 g/mol. The first-order chi connectivity index (χ1) is 6.00. The minimum absolute atomic E-state index is 0.0779. The van der Waals surface area contributed by atoms with Crippen molar-refractivity contribution in [1.82, 2.24) is 4.98 Å². The lowest BCUT2D eigenvalue weighted by Gasteiger charge is -1.97. The van der Waals surface area contributed by atoms with E-state index in [1.807, 2.05) is 13.8 Å². The summed E-state index contributed by atoms with van der Waals surface area (Å²) >= 11 is 0. The lowest BCUT2D eigenvalue weighted by molar-refractivity contribution is 0.857. The van der Waals surface area contributed by atoms with Crippen molar-refractivity contribution < 1.29 is 0 Å². The molecule has 0 bridgehead atoms. The van der Waals surface area contributed by atoms with Gasteiger partial charge in [-0.25, -0.2) is 0 Å². The van der Waals surface area contributed by atoms with E-state index in [0.29, 0.717) is 11.3 Å². The van der Waals surface area contributed by atoms with Crippen molar-refractivity contribution in [3.05, 3.63) is 44.0 Å². The molecule has 0 aliphatic rings. The standard InChI is InChI=1S/C10H13NO2/c1-6(2)8-5-10(13)11-7(3)4-9(8)12/h4-6H,1-3H3,(H,11,13). The molecule has 0 aliphatic carbocycles. The highest BCUT2D eigenvalue weighted by molar-refractivity contribution is 5.17. The largest absolute Gasteiger partial charge is 0.326 e. The first-order valence-corrected chi connectivity index (χ1v) is 4.26. The Hall–Kier alpha value is -1.38. The molecular weight excluding hydrogens is 166 g/mol. The molecule has 13 heavy (non-hydrogen) atoms. The molecule has 0 radical (unpaired) electrons. The Labute approximate surface area is 76.4 Å². The molecule has 0 amide bonds. The molecular formula is C10H13NO2. The zero-order chi connectivity index (χ0) is 10.0. The first-order valence-electron chi connectivity index (χ1n) is 4.26. The molecule has 0 atom stereocenters. The van der Waals surface area contributed by atoms with Crippen molar-refractivity contribution in [1.29, 1.82) is 0 Å². The Balaban J connectivity index is 3.58. The van der Waals surface area contributed by atoms with Crippen LogP contribution in [0.4, 0.5) is 0 Å². The lowest BCUT2D eigenvalue weighted by atomic mass is 10.1. The first kappa shape index (κ1) is 9.71. The maximum Gasteiger partial charge on any atom is 0.248 e. The molecule has 0 fully saturated rings. The molecule has 1 aromatic heterocycles. The highest BCUT2D eigenvalue weighted by Crippen LogP contribution is 2.05. The summed E-state index contributed by atoms with van der Waals surface area (Å²) in [6, 6.07) is 2.83. The van der Waals surface area contributed by atoms with E-state index >= 15 is 0 Å². The second kappa shape index (κ2) is 3.56. The topological polar surface area (TPSA) is 49.9 Å². The summed E-state index contributed by atoms with van der Waals surface area (Å²) in [6.45, 7) is 5.49. The van der Waals surface area contributed by atoms with Crippen LogP contribution in [0.25, 0.3) is 0 Å². The number of aromatic nitrogens is 1. The number of nitrogens with one attached hydrogen (secondary N) is 1. The van der Waals surface area contributed by atoms with Crippen molar-refractivity contribution in [2.45, 2.75) is 26.7 Å². The van der Waals surface area contributed by atoms with Gasteiger partial charge in [-0.3, -0.25) is 9.59 Å². The van der Waals surface area contributed by atoms with Crippen LogP contribution in [-0.4, -0.2) is 4.98 Å². The third-order valence-electron chi connectivity index (χ3n) is 1.86. The van der Waals surface area contributed by atoms with Crippen LogP contribution in [0.1, 0.15) is 31.0 Å². The monoisotopic (exact) mass is 179 g/mol. The van der Waals surface area contributed by atoms with Crippen LogP contribution < -0.4 is 11.0 Å². The van der Waals surface area contributed by atoms with E-state index in [9.17, 15) is 9.59 Å². The van der Waals surface area contributed by atoms with Gasteiger partial charge in [-0.2, -0.15) is 0 Å². The predicted octanol–water partition coefficient (Wildman–Crippen LogP) is 1.17. The van der Waals surface area contributed by atoms with Crippen molar-refractivity contribution in [2.24, 2.45) is 0 Å². The fourth-order valence-corrected chi connectivity index (χ4v) is 1.21. The van der Waals surface area contributed by atoms with Crippen molar-refractivity contribution >= 4 is 0 Å². The van der Waals surface area contributed by atoms with Gasteiger partial charge in [-0.15, -0.1) is 0 Å². The zero-order valence-electron chi connectivity index (χ0n) is 8.05. The summed E-state index contributed by atoms with van der Waals surface area (Å²) in [4.78, 5) is 25.2. The number of rotatable bonds is 1. The maximum absolute atomic E-state index is 11.5. The molecule has 0 saturated heterocycles. The van der Waals surface area contributed by atoms with E-state index in [-0.39, 0.29) is 16.9 Å². The van der Waals surface area contributed by atoms with Crippen LogP contribution in [0.5, 0.6) is 0 Å². The van der Waals surface area contributed by atoms with Crippen LogP contribution >= 0.6 is 0 Å². The van der Waals surface area contributed by atoms with Gasteiger partial charge in [0.15, 0.2) is 5.43 Å². The number of aryl methyl sites for hydroxylation is 1. The van der Waals surface area contributed by atoms with Gasteiger partial charge in [0.25, 0.3) is 0 Å². The minimum Gasteiger partial charge on any atom is -0.326 e. The number of H-pyrrole nitrogens is 1.